The molecule has 100 valence electrons. The molecule has 2 aromatic rings. The minimum Gasteiger partial charge on any atom is -0.396 e. The highest BCUT2D eigenvalue weighted by Crippen LogP contribution is 2.34. The summed E-state index contributed by atoms with van der Waals surface area (Å²) in [5.74, 6) is 0.817. The zero-order valence-corrected chi connectivity index (χ0v) is 11.6. The minimum absolute atomic E-state index is 0.0928. The van der Waals surface area contributed by atoms with Gasteiger partial charge in [0.1, 0.15) is 5.03 Å². The van der Waals surface area contributed by atoms with Crippen molar-refractivity contribution in [1.29, 1.82) is 0 Å². The molecule has 0 atom stereocenters. The van der Waals surface area contributed by atoms with E-state index < -0.39 is 0 Å². The van der Waals surface area contributed by atoms with Crippen LogP contribution in [-0.4, -0.2) is 40.6 Å². The van der Waals surface area contributed by atoms with Gasteiger partial charge in [-0.1, -0.05) is 12.1 Å². The first-order chi connectivity index (χ1) is 9.22. The second kappa shape index (κ2) is 5.07. The number of aliphatic hydroxyl groups is 1. The van der Waals surface area contributed by atoms with E-state index in [2.05, 4.69) is 9.97 Å². The number of fused-ring (bicyclic) bond motifs is 1. The molecule has 1 saturated heterocycles. The van der Waals surface area contributed by atoms with Crippen LogP contribution >= 0.6 is 11.8 Å². The SMILES string of the molecule is Cc1nc2ccccc2nc1SCC1(CO)COC1. The Balaban J connectivity index is 1.82. The van der Waals surface area contributed by atoms with Gasteiger partial charge in [-0.15, -0.1) is 11.8 Å². The summed E-state index contributed by atoms with van der Waals surface area (Å²) in [6.07, 6.45) is 0. The van der Waals surface area contributed by atoms with E-state index in [0.717, 1.165) is 27.5 Å². The number of ether oxygens (including phenoxy) is 1. The lowest BCUT2D eigenvalue weighted by Gasteiger charge is -2.39. The molecule has 1 aromatic heterocycles. The number of rotatable bonds is 4. The second-order valence-corrected chi connectivity index (χ2v) is 6.01. The third kappa shape index (κ3) is 2.45. The van der Waals surface area contributed by atoms with Crippen molar-refractivity contribution < 1.29 is 9.84 Å². The molecule has 0 saturated carbocycles. The van der Waals surface area contributed by atoms with Gasteiger partial charge in [-0.05, 0) is 19.1 Å². The van der Waals surface area contributed by atoms with Gasteiger partial charge in [0.25, 0.3) is 0 Å². The summed E-state index contributed by atoms with van der Waals surface area (Å²) in [6, 6.07) is 7.88. The third-order valence-corrected chi connectivity index (χ3v) is 4.79. The maximum Gasteiger partial charge on any atom is 0.118 e. The Bertz CT molecular complexity index is 594. The first kappa shape index (κ1) is 12.8. The lowest BCUT2D eigenvalue weighted by atomic mass is 9.90. The first-order valence-corrected chi connectivity index (χ1v) is 7.26. The number of thioether (sulfide) groups is 1. The number of nitrogens with zero attached hydrogens (tertiary/aromatic N) is 2. The Labute approximate surface area is 116 Å². The van der Waals surface area contributed by atoms with Crippen LogP contribution in [0.4, 0.5) is 0 Å². The maximum atomic E-state index is 9.43. The van der Waals surface area contributed by atoms with E-state index >= 15 is 0 Å². The van der Waals surface area contributed by atoms with Gasteiger partial charge in [-0.25, -0.2) is 9.97 Å². The Hall–Kier alpha value is -1.17. The molecule has 3 rings (SSSR count). The fraction of sp³-hybridized carbons (Fsp3) is 0.429. The van der Waals surface area contributed by atoms with Crippen LogP contribution in [0.25, 0.3) is 11.0 Å². The molecule has 0 amide bonds. The lowest BCUT2D eigenvalue weighted by Crippen LogP contribution is -2.47. The first-order valence-electron chi connectivity index (χ1n) is 6.27. The monoisotopic (exact) mass is 276 g/mol. The molecular weight excluding hydrogens is 260 g/mol. The van der Waals surface area contributed by atoms with Crippen LogP contribution in [0, 0.1) is 12.3 Å². The standard InChI is InChI=1S/C14H16N2O2S/c1-10-13(19-9-14(6-17)7-18-8-14)16-12-5-3-2-4-11(12)15-10/h2-5,17H,6-9H2,1H3. The van der Waals surface area contributed by atoms with Crippen LogP contribution in [0.1, 0.15) is 5.69 Å². The van der Waals surface area contributed by atoms with E-state index in [0.29, 0.717) is 13.2 Å². The molecule has 2 heterocycles. The van der Waals surface area contributed by atoms with Crippen molar-refractivity contribution in [2.24, 2.45) is 5.41 Å². The van der Waals surface area contributed by atoms with Crippen molar-refractivity contribution in [3.05, 3.63) is 30.0 Å². The summed E-state index contributed by atoms with van der Waals surface area (Å²) in [6.45, 7) is 3.41. The van der Waals surface area contributed by atoms with Crippen molar-refractivity contribution in [3.8, 4) is 0 Å². The van der Waals surface area contributed by atoms with Crippen LogP contribution in [0.3, 0.4) is 0 Å². The van der Waals surface area contributed by atoms with Crippen molar-refractivity contribution in [2.75, 3.05) is 25.6 Å². The van der Waals surface area contributed by atoms with Gasteiger partial charge < -0.3 is 9.84 Å². The molecule has 19 heavy (non-hydrogen) atoms. The number of hydrogen-bond donors (Lipinski definition) is 1. The van der Waals surface area contributed by atoms with Gasteiger partial charge in [-0.3, -0.25) is 0 Å². The normalized spacial score (nSPS) is 17.4. The number of para-hydroxylation sites is 2. The predicted molar refractivity (Wildman–Crippen MR) is 75.3 cm³/mol. The van der Waals surface area contributed by atoms with Gasteiger partial charge in [0, 0.05) is 11.2 Å². The molecule has 4 nitrogen and oxygen atoms in total. The van der Waals surface area contributed by atoms with E-state index in [4.69, 9.17) is 4.74 Å². The van der Waals surface area contributed by atoms with E-state index in [1.807, 2.05) is 31.2 Å². The molecular formula is C14H16N2O2S. The molecule has 0 aliphatic carbocycles. The van der Waals surface area contributed by atoms with Crippen molar-refractivity contribution in [2.45, 2.75) is 11.9 Å². The highest BCUT2D eigenvalue weighted by Gasteiger charge is 2.38. The summed E-state index contributed by atoms with van der Waals surface area (Å²) < 4.78 is 5.21. The number of aliphatic hydroxyl groups excluding tert-OH is 1. The fourth-order valence-electron chi connectivity index (χ4n) is 2.04. The Kier molecular flexibility index (Phi) is 3.43. The zero-order valence-electron chi connectivity index (χ0n) is 10.8. The van der Waals surface area contributed by atoms with Crippen LogP contribution in [-0.2, 0) is 4.74 Å². The Morgan fingerprint density at radius 3 is 2.53 bits per heavy atom. The average molecular weight is 276 g/mol. The molecule has 0 spiro atoms. The predicted octanol–water partition coefficient (Wildman–Crippen LogP) is 2.04. The third-order valence-electron chi connectivity index (χ3n) is 3.37. The van der Waals surface area contributed by atoms with E-state index in [1.54, 1.807) is 11.8 Å². The number of aryl methyl sites for hydroxylation is 1. The van der Waals surface area contributed by atoms with E-state index in [9.17, 15) is 5.11 Å². The van der Waals surface area contributed by atoms with Gasteiger partial charge in [0.15, 0.2) is 0 Å². The Morgan fingerprint density at radius 1 is 1.26 bits per heavy atom. The smallest absolute Gasteiger partial charge is 0.118 e. The van der Waals surface area contributed by atoms with Crippen LogP contribution in [0.5, 0.6) is 0 Å². The highest BCUT2D eigenvalue weighted by molar-refractivity contribution is 7.99. The lowest BCUT2D eigenvalue weighted by molar-refractivity contribution is -0.121. The topological polar surface area (TPSA) is 55.2 Å². The van der Waals surface area contributed by atoms with Crippen molar-refractivity contribution >= 4 is 22.8 Å². The largest absolute Gasteiger partial charge is 0.396 e. The molecule has 0 bridgehead atoms. The molecule has 0 radical (unpaired) electrons. The quantitative estimate of drug-likeness (QED) is 0.866. The summed E-state index contributed by atoms with van der Waals surface area (Å²) in [7, 11) is 0. The van der Waals surface area contributed by atoms with Crippen molar-refractivity contribution in [3.63, 3.8) is 0 Å². The van der Waals surface area contributed by atoms with Crippen LogP contribution in [0.2, 0.25) is 0 Å². The zero-order chi connectivity index (χ0) is 13.3. The molecule has 1 fully saturated rings. The van der Waals surface area contributed by atoms with Gasteiger partial charge in [0.05, 0.1) is 36.5 Å². The van der Waals surface area contributed by atoms with E-state index in [-0.39, 0.29) is 12.0 Å². The number of benzene rings is 1. The fourth-order valence-corrected chi connectivity index (χ4v) is 3.16. The molecule has 1 aliphatic rings. The highest BCUT2D eigenvalue weighted by atomic mass is 32.2. The van der Waals surface area contributed by atoms with Gasteiger partial charge in [0.2, 0.25) is 0 Å². The molecule has 1 aliphatic heterocycles. The molecule has 5 heteroatoms. The van der Waals surface area contributed by atoms with Gasteiger partial charge >= 0.3 is 0 Å². The number of aromatic nitrogens is 2. The van der Waals surface area contributed by atoms with Crippen LogP contribution < -0.4 is 0 Å². The number of hydrogen-bond acceptors (Lipinski definition) is 5. The Morgan fingerprint density at radius 2 is 1.95 bits per heavy atom. The van der Waals surface area contributed by atoms with E-state index in [1.165, 1.54) is 0 Å². The average Bonchev–Trinajstić information content (AvgIpc) is 2.38. The summed E-state index contributed by atoms with van der Waals surface area (Å²) in [5, 5.41) is 10.4. The molecule has 1 N–H and O–H groups in total. The summed E-state index contributed by atoms with van der Waals surface area (Å²) >= 11 is 1.66. The van der Waals surface area contributed by atoms with Gasteiger partial charge in [-0.2, -0.15) is 0 Å². The summed E-state index contributed by atoms with van der Waals surface area (Å²) in [4.78, 5) is 9.22. The second-order valence-electron chi connectivity index (χ2n) is 5.04. The van der Waals surface area contributed by atoms with Crippen molar-refractivity contribution in [1.82, 2.24) is 9.97 Å². The molecule has 1 aromatic carbocycles. The molecule has 0 unspecified atom stereocenters. The maximum absolute atomic E-state index is 9.43. The van der Waals surface area contributed by atoms with Crippen LogP contribution in [0.15, 0.2) is 29.3 Å². The minimum atomic E-state index is -0.0928. The summed E-state index contributed by atoms with van der Waals surface area (Å²) in [5.41, 5.74) is 2.69.